The monoisotopic (exact) mass is 268 g/mol. The summed E-state index contributed by atoms with van der Waals surface area (Å²) in [5, 5.41) is 19.2. The molecule has 0 saturated heterocycles. The molecule has 19 heavy (non-hydrogen) atoms. The molecule has 108 valence electrons. The molecule has 0 aliphatic rings. The van der Waals surface area contributed by atoms with Crippen molar-refractivity contribution in [2.75, 3.05) is 19.4 Å². The van der Waals surface area contributed by atoms with E-state index in [9.17, 15) is 9.90 Å². The third-order valence-corrected chi connectivity index (χ3v) is 2.54. The maximum Gasteiger partial charge on any atom is 0.251 e. The van der Waals surface area contributed by atoms with Crippen LogP contribution < -0.4 is 11.1 Å². The minimum atomic E-state index is -0.909. The molecule has 5 heteroatoms. The summed E-state index contributed by atoms with van der Waals surface area (Å²) < 4.78 is 0. The topological polar surface area (TPSA) is 95.6 Å². The van der Waals surface area contributed by atoms with Gasteiger partial charge in [-0.2, -0.15) is 0 Å². The van der Waals surface area contributed by atoms with Crippen molar-refractivity contribution in [3.05, 3.63) is 28.8 Å². The first kappa shape index (κ1) is 17.4. The first-order valence-electron chi connectivity index (χ1n) is 6.03. The van der Waals surface area contributed by atoms with Crippen LogP contribution in [0, 0.1) is 13.8 Å². The average Bonchev–Trinajstić information content (AvgIpc) is 2.34. The minimum absolute atomic E-state index is 0.196. The molecule has 0 heterocycles. The van der Waals surface area contributed by atoms with Crippen LogP contribution in [0.3, 0.4) is 0 Å². The first-order valence-corrected chi connectivity index (χ1v) is 6.03. The van der Waals surface area contributed by atoms with Gasteiger partial charge >= 0.3 is 0 Å². The lowest BCUT2D eigenvalue weighted by Gasteiger charge is -2.18. The van der Waals surface area contributed by atoms with Crippen molar-refractivity contribution < 1.29 is 15.0 Å². The Bertz CT molecular complexity index is 414. The number of nitrogens with one attached hydrogen (secondary N) is 1. The molecule has 1 aromatic rings. The molecular formula is C14H24N2O3. The maximum absolute atomic E-state index is 11.8. The summed E-state index contributed by atoms with van der Waals surface area (Å²) in [5.41, 5.74) is 7.97. The Morgan fingerprint density at radius 3 is 2.05 bits per heavy atom. The number of aryl methyl sites for hydroxylation is 2. The molecule has 0 bridgehead atoms. The van der Waals surface area contributed by atoms with Crippen LogP contribution in [0.2, 0.25) is 0 Å². The third kappa shape index (κ3) is 5.72. The second kappa shape index (κ2) is 7.11. The predicted octanol–water partition coefficient (Wildman–Crippen LogP) is 0.995. The Balaban J connectivity index is 0.00000154. The molecule has 1 rings (SSSR count). The highest BCUT2D eigenvalue weighted by molar-refractivity contribution is 5.95. The molecule has 0 fully saturated rings. The quantitative estimate of drug-likeness (QED) is 0.615. The number of hydrogen-bond acceptors (Lipinski definition) is 4. The SMILES string of the molecule is CO.Cc1cc(C(=O)NCC(C)(C)O)cc(C)c1N. The van der Waals surface area contributed by atoms with E-state index < -0.39 is 5.60 Å². The number of aliphatic hydroxyl groups excluding tert-OH is 1. The number of hydrogen-bond donors (Lipinski definition) is 4. The van der Waals surface area contributed by atoms with Gasteiger partial charge in [0.15, 0.2) is 0 Å². The number of nitrogen functional groups attached to an aromatic ring is 1. The van der Waals surface area contributed by atoms with E-state index in [2.05, 4.69) is 5.32 Å². The summed E-state index contributed by atoms with van der Waals surface area (Å²) in [6.07, 6.45) is 0. The van der Waals surface area contributed by atoms with Gasteiger partial charge in [-0.3, -0.25) is 4.79 Å². The molecule has 0 aliphatic carbocycles. The van der Waals surface area contributed by atoms with Gasteiger partial charge in [0.1, 0.15) is 0 Å². The van der Waals surface area contributed by atoms with Crippen LogP contribution in [0.1, 0.15) is 35.3 Å². The van der Waals surface area contributed by atoms with Gasteiger partial charge in [-0.05, 0) is 51.0 Å². The van der Waals surface area contributed by atoms with Crippen LogP contribution in [0.15, 0.2) is 12.1 Å². The Kier molecular flexibility index (Phi) is 6.52. The van der Waals surface area contributed by atoms with Gasteiger partial charge in [-0.15, -0.1) is 0 Å². The van der Waals surface area contributed by atoms with Crippen molar-refractivity contribution in [3.8, 4) is 0 Å². The number of aliphatic hydroxyl groups is 2. The van der Waals surface area contributed by atoms with Gasteiger partial charge in [0.05, 0.1) is 5.60 Å². The maximum atomic E-state index is 11.8. The van der Waals surface area contributed by atoms with Gasteiger partial charge in [-0.1, -0.05) is 0 Å². The molecule has 5 nitrogen and oxygen atoms in total. The lowest BCUT2D eigenvalue weighted by Crippen LogP contribution is -2.38. The van der Waals surface area contributed by atoms with E-state index in [0.29, 0.717) is 11.3 Å². The molecule has 5 N–H and O–H groups in total. The van der Waals surface area contributed by atoms with Crippen LogP contribution in [0.4, 0.5) is 5.69 Å². The van der Waals surface area contributed by atoms with Crippen molar-refractivity contribution >= 4 is 11.6 Å². The van der Waals surface area contributed by atoms with Gasteiger partial charge in [0.25, 0.3) is 5.91 Å². The van der Waals surface area contributed by atoms with Crippen LogP contribution in [-0.2, 0) is 0 Å². The van der Waals surface area contributed by atoms with Gasteiger partial charge in [-0.25, -0.2) is 0 Å². The second-order valence-corrected chi connectivity index (χ2v) is 5.02. The third-order valence-electron chi connectivity index (χ3n) is 2.54. The van der Waals surface area contributed by atoms with Gasteiger partial charge < -0.3 is 21.3 Å². The molecule has 1 aromatic carbocycles. The highest BCUT2D eigenvalue weighted by Crippen LogP contribution is 2.18. The van der Waals surface area contributed by atoms with Crippen molar-refractivity contribution in [2.24, 2.45) is 0 Å². The normalized spacial score (nSPS) is 10.5. The molecule has 0 atom stereocenters. The Morgan fingerprint density at radius 2 is 1.68 bits per heavy atom. The fraction of sp³-hybridized carbons (Fsp3) is 0.500. The van der Waals surface area contributed by atoms with E-state index in [4.69, 9.17) is 10.8 Å². The van der Waals surface area contributed by atoms with E-state index in [-0.39, 0.29) is 12.5 Å². The Hall–Kier alpha value is -1.59. The minimum Gasteiger partial charge on any atom is -0.400 e. The van der Waals surface area contributed by atoms with E-state index in [1.54, 1.807) is 26.0 Å². The average molecular weight is 268 g/mol. The van der Waals surface area contributed by atoms with Crippen molar-refractivity contribution in [1.82, 2.24) is 5.32 Å². The molecular weight excluding hydrogens is 244 g/mol. The number of anilines is 1. The number of amides is 1. The van der Waals surface area contributed by atoms with Gasteiger partial charge in [0.2, 0.25) is 0 Å². The molecule has 0 radical (unpaired) electrons. The summed E-state index contributed by atoms with van der Waals surface area (Å²) in [6.45, 7) is 7.25. The summed E-state index contributed by atoms with van der Waals surface area (Å²) in [5.74, 6) is -0.196. The highest BCUT2D eigenvalue weighted by atomic mass is 16.3. The highest BCUT2D eigenvalue weighted by Gasteiger charge is 2.15. The lowest BCUT2D eigenvalue weighted by molar-refractivity contribution is 0.0694. The second-order valence-electron chi connectivity index (χ2n) is 5.02. The molecule has 0 spiro atoms. The van der Waals surface area contributed by atoms with E-state index >= 15 is 0 Å². The largest absolute Gasteiger partial charge is 0.400 e. The zero-order valence-corrected chi connectivity index (χ0v) is 12.2. The standard InChI is InChI=1S/C13H20N2O2.CH4O/c1-8-5-10(6-9(2)11(8)14)12(16)15-7-13(3,4)17;1-2/h5-6,17H,7,14H2,1-4H3,(H,15,16);2H,1H3. The molecule has 0 aliphatic heterocycles. The summed E-state index contributed by atoms with van der Waals surface area (Å²) in [6, 6.07) is 3.50. The summed E-state index contributed by atoms with van der Waals surface area (Å²) >= 11 is 0. The molecule has 1 amide bonds. The first-order chi connectivity index (χ1) is 8.70. The smallest absolute Gasteiger partial charge is 0.251 e. The number of carbonyl (C=O) groups excluding carboxylic acids is 1. The zero-order chi connectivity index (χ0) is 15.2. The van der Waals surface area contributed by atoms with Crippen LogP contribution >= 0.6 is 0 Å². The molecule has 0 unspecified atom stereocenters. The predicted molar refractivity (Wildman–Crippen MR) is 77.1 cm³/mol. The van der Waals surface area contributed by atoms with E-state index in [1.807, 2.05) is 13.8 Å². The number of nitrogens with two attached hydrogens (primary N) is 1. The van der Waals surface area contributed by atoms with Crippen molar-refractivity contribution in [2.45, 2.75) is 33.3 Å². The number of carbonyl (C=O) groups is 1. The lowest BCUT2D eigenvalue weighted by atomic mass is 10.0. The fourth-order valence-electron chi connectivity index (χ4n) is 1.50. The van der Waals surface area contributed by atoms with E-state index in [1.165, 1.54) is 0 Å². The van der Waals surface area contributed by atoms with Crippen LogP contribution in [0.5, 0.6) is 0 Å². The Morgan fingerprint density at radius 1 is 1.26 bits per heavy atom. The van der Waals surface area contributed by atoms with E-state index in [0.717, 1.165) is 18.2 Å². The van der Waals surface area contributed by atoms with Crippen molar-refractivity contribution in [3.63, 3.8) is 0 Å². The Labute approximate surface area is 114 Å². The zero-order valence-electron chi connectivity index (χ0n) is 12.2. The summed E-state index contributed by atoms with van der Waals surface area (Å²) in [7, 11) is 1.00. The van der Waals surface area contributed by atoms with Gasteiger partial charge in [0, 0.05) is 24.9 Å². The fourth-order valence-corrected chi connectivity index (χ4v) is 1.50. The number of benzene rings is 1. The number of rotatable bonds is 3. The molecule has 0 saturated carbocycles. The molecule has 0 aromatic heterocycles. The summed E-state index contributed by atoms with van der Waals surface area (Å²) in [4.78, 5) is 11.8. The van der Waals surface area contributed by atoms with Crippen molar-refractivity contribution in [1.29, 1.82) is 0 Å². The van der Waals surface area contributed by atoms with Crippen LogP contribution in [0.25, 0.3) is 0 Å². The van der Waals surface area contributed by atoms with Crippen LogP contribution in [-0.4, -0.2) is 35.4 Å².